The Labute approximate surface area is 264 Å². The average molecular weight is 671 g/mol. The molecule has 6 rings (SSSR count). The number of hydrazine groups is 1. The largest absolute Gasteiger partial charge is 0.491 e. The molecule has 43 heavy (non-hydrogen) atoms. The molecule has 6 N–H and O–H groups in total. The van der Waals surface area contributed by atoms with E-state index >= 15 is 0 Å². The monoisotopic (exact) mass is 669 g/mol. The Balaban J connectivity index is 1.31. The van der Waals surface area contributed by atoms with Gasteiger partial charge in [-0.25, -0.2) is 25.0 Å². The molecule has 2 saturated heterocycles. The summed E-state index contributed by atoms with van der Waals surface area (Å²) in [6.45, 7) is 1.02. The Bertz CT molecular complexity index is 1660. The minimum Gasteiger partial charge on any atom is -0.491 e. The fourth-order valence-electron chi connectivity index (χ4n) is 6.08. The van der Waals surface area contributed by atoms with Gasteiger partial charge in [0.25, 0.3) is 5.91 Å². The Morgan fingerprint density at radius 1 is 1.26 bits per heavy atom. The van der Waals surface area contributed by atoms with Crippen LogP contribution in [0.25, 0.3) is 21.3 Å². The zero-order valence-electron chi connectivity index (χ0n) is 22.6. The molecule has 3 atom stereocenters. The molecular weight excluding hydrogens is 644 g/mol. The van der Waals surface area contributed by atoms with E-state index in [4.69, 9.17) is 61.6 Å². The van der Waals surface area contributed by atoms with Gasteiger partial charge in [0.05, 0.1) is 39.0 Å². The van der Waals surface area contributed by atoms with Crippen molar-refractivity contribution in [2.45, 2.75) is 36.4 Å². The lowest BCUT2D eigenvalue weighted by molar-refractivity contribution is -0.147. The smallest absolute Gasteiger partial charge is 0.339 e. The van der Waals surface area contributed by atoms with E-state index in [2.05, 4.69) is 4.98 Å². The van der Waals surface area contributed by atoms with Crippen LogP contribution in [0.4, 0.5) is 14.3 Å². The summed E-state index contributed by atoms with van der Waals surface area (Å²) in [5, 5.41) is 1.36. The standard InChI is InChI=1S/C27H27Cl3FN7O4S/c28-16-11-15-21(19(29)18(16)14-1-2-17(31)22-20(14)35-25(33)43-22)41-9-3-13-12-27(4-6-36(13)23(15)39)24(30)37(8-10-42-27)26(40)38(34)7-5-32/h1-2,5,7,11,13,24H,3-4,6,8-10,12,32,34H2,(H2,33,35)/b7-5-. The Hall–Kier alpha value is -3.07. The molecular formula is C27H27Cl3FN7O4S. The van der Waals surface area contributed by atoms with Crippen molar-refractivity contribution in [2.24, 2.45) is 11.6 Å². The Kier molecular flexibility index (Phi) is 7.98. The number of rotatable bonds is 2. The van der Waals surface area contributed by atoms with Gasteiger partial charge in [-0.2, -0.15) is 0 Å². The van der Waals surface area contributed by atoms with Crippen molar-refractivity contribution < 1.29 is 23.5 Å². The normalized spacial score (nSPS) is 24.1. The SMILES string of the molecule is N/C=C\N(N)C(=O)N1CCOC2(CCN3C(=O)c4cc(Cl)c(-c5ccc(F)c6sc(N)nc56)c(Cl)c4OCCC3C2)C1Cl. The maximum atomic E-state index is 14.5. The number of urea groups is 1. The van der Waals surface area contributed by atoms with Crippen LogP contribution in [0.1, 0.15) is 29.6 Å². The number of hydrogen-bond donors (Lipinski definition) is 3. The first-order valence-electron chi connectivity index (χ1n) is 13.4. The molecule has 3 aliphatic heterocycles. The highest BCUT2D eigenvalue weighted by Crippen LogP contribution is 2.48. The van der Waals surface area contributed by atoms with E-state index in [0.717, 1.165) is 22.5 Å². The third kappa shape index (κ3) is 5.01. The van der Waals surface area contributed by atoms with Crippen LogP contribution < -0.4 is 22.0 Å². The molecule has 1 aromatic heterocycles. The highest BCUT2D eigenvalue weighted by molar-refractivity contribution is 7.22. The predicted octanol–water partition coefficient (Wildman–Crippen LogP) is 4.74. The van der Waals surface area contributed by atoms with Crippen LogP contribution in [0, 0.1) is 5.82 Å². The number of halogens is 4. The average Bonchev–Trinajstić information content (AvgIpc) is 3.38. The zero-order valence-corrected chi connectivity index (χ0v) is 25.6. The number of benzene rings is 2. The number of nitrogen functional groups attached to an aromatic ring is 1. The van der Waals surface area contributed by atoms with Crippen molar-refractivity contribution in [1.29, 1.82) is 0 Å². The van der Waals surface area contributed by atoms with E-state index in [1.807, 2.05) is 0 Å². The predicted molar refractivity (Wildman–Crippen MR) is 163 cm³/mol. The fourth-order valence-corrected chi connectivity index (χ4v) is 8.00. The number of carbonyl (C=O) groups is 2. The number of alkyl halides is 1. The molecule has 0 saturated carbocycles. The third-order valence-corrected chi connectivity index (χ3v) is 10.3. The third-order valence-electron chi connectivity index (χ3n) is 8.08. The second-order valence-corrected chi connectivity index (χ2v) is 12.7. The van der Waals surface area contributed by atoms with Crippen LogP contribution in [0.3, 0.4) is 0 Å². The van der Waals surface area contributed by atoms with Crippen LogP contribution in [-0.2, 0) is 4.74 Å². The van der Waals surface area contributed by atoms with Gasteiger partial charge in [0.2, 0.25) is 0 Å². The molecule has 3 aromatic rings. The Morgan fingerprint density at radius 2 is 2.05 bits per heavy atom. The second-order valence-electron chi connectivity index (χ2n) is 10.5. The molecule has 228 valence electrons. The number of thiazole rings is 1. The van der Waals surface area contributed by atoms with E-state index in [1.165, 1.54) is 29.3 Å². The maximum absolute atomic E-state index is 14.5. The number of carbonyl (C=O) groups excluding carboxylic acids is 2. The molecule has 2 aromatic carbocycles. The first-order valence-corrected chi connectivity index (χ1v) is 15.4. The number of hydrogen-bond acceptors (Lipinski definition) is 9. The molecule has 3 aliphatic rings. The van der Waals surface area contributed by atoms with E-state index in [9.17, 15) is 14.0 Å². The number of anilines is 1. The van der Waals surface area contributed by atoms with Crippen LogP contribution in [0.5, 0.6) is 5.75 Å². The van der Waals surface area contributed by atoms with Gasteiger partial charge in [-0.3, -0.25) is 4.79 Å². The van der Waals surface area contributed by atoms with Gasteiger partial charge < -0.3 is 30.7 Å². The van der Waals surface area contributed by atoms with Gasteiger partial charge in [-0.05, 0) is 24.6 Å². The first kappa shape index (κ1) is 30.0. The number of piperidine rings is 1. The van der Waals surface area contributed by atoms with Crippen molar-refractivity contribution in [3.63, 3.8) is 0 Å². The van der Waals surface area contributed by atoms with E-state index in [1.54, 1.807) is 4.90 Å². The number of nitrogens with zero attached hydrogens (tertiary/aromatic N) is 4. The fraction of sp³-hybridized carbons (Fsp3) is 0.370. The van der Waals surface area contributed by atoms with Gasteiger partial charge in [-0.1, -0.05) is 46.1 Å². The van der Waals surface area contributed by atoms with Gasteiger partial charge in [0, 0.05) is 55.5 Å². The summed E-state index contributed by atoms with van der Waals surface area (Å²) >= 11 is 21.5. The zero-order chi connectivity index (χ0) is 30.6. The number of fused-ring (bicyclic) bond motifs is 3. The molecule has 2 fully saturated rings. The van der Waals surface area contributed by atoms with E-state index < -0.39 is 23.0 Å². The number of nitrogens with two attached hydrogens (primary N) is 3. The van der Waals surface area contributed by atoms with Crippen LogP contribution >= 0.6 is 46.1 Å². The highest BCUT2D eigenvalue weighted by atomic mass is 35.5. The number of amides is 3. The lowest BCUT2D eigenvalue weighted by atomic mass is 9.82. The second kappa shape index (κ2) is 11.5. The van der Waals surface area contributed by atoms with Crippen molar-refractivity contribution in [1.82, 2.24) is 19.8 Å². The summed E-state index contributed by atoms with van der Waals surface area (Å²) in [5.74, 6) is 5.21. The summed E-state index contributed by atoms with van der Waals surface area (Å²) in [4.78, 5) is 34.4. The van der Waals surface area contributed by atoms with Crippen molar-refractivity contribution in [3.8, 4) is 16.9 Å². The van der Waals surface area contributed by atoms with Crippen LogP contribution in [0.15, 0.2) is 30.6 Å². The highest BCUT2D eigenvalue weighted by Gasteiger charge is 2.52. The summed E-state index contributed by atoms with van der Waals surface area (Å²) in [6.07, 6.45) is 3.59. The molecule has 4 heterocycles. The number of morpholine rings is 1. The minimum absolute atomic E-state index is 0.116. The van der Waals surface area contributed by atoms with Gasteiger partial charge in [0.15, 0.2) is 10.9 Å². The van der Waals surface area contributed by atoms with Crippen molar-refractivity contribution >= 4 is 73.4 Å². The number of aromatic nitrogens is 1. The first-order chi connectivity index (χ1) is 20.6. The van der Waals surface area contributed by atoms with Crippen molar-refractivity contribution in [3.05, 3.63) is 52.0 Å². The lowest BCUT2D eigenvalue weighted by Crippen LogP contribution is -2.66. The Morgan fingerprint density at radius 3 is 2.81 bits per heavy atom. The summed E-state index contributed by atoms with van der Waals surface area (Å²) in [5.41, 5.74) is 10.9. The van der Waals surface area contributed by atoms with Gasteiger partial charge >= 0.3 is 6.03 Å². The lowest BCUT2D eigenvalue weighted by Gasteiger charge is -2.53. The van der Waals surface area contributed by atoms with Crippen LogP contribution in [0.2, 0.25) is 10.0 Å². The molecule has 11 nitrogen and oxygen atoms in total. The molecule has 0 bridgehead atoms. The molecule has 1 spiro atoms. The quantitative estimate of drug-likeness (QED) is 0.116. The molecule has 3 unspecified atom stereocenters. The summed E-state index contributed by atoms with van der Waals surface area (Å²) in [7, 11) is 0. The minimum atomic E-state index is -0.908. The van der Waals surface area contributed by atoms with Crippen molar-refractivity contribution in [2.75, 3.05) is 32.0 Å². The summed E-state index contributed by atoms with van der Waals surface area (Å²) < 4.78 is 27.1. The molecule has 0 aliphatic carbocycles. The maximum Gasteiger partial charge on any atom is 0.339 e. The summed E-state index contributed by atoms with van der Waals surface area (Å²) in [6, 6.07) is 3.51. The molecule has 0 radical (unpaired) electrons. The number of ether oxygens (including phenoxy) is 2. The van der Waals surface area contributed by atoms with Gasteiger partial charge in [0.1, 0.15) is 16.9 Å². The topological polar surface area (TPSA) is 153 Å². The molecule has 16 heteroatoms. The molecule has 3 amide bonds. The van der Waals surface area contributed by atoms with E-state index in [-0.39, 0.29) is 62.9 Å². The van der Waals surface area contributed by atoms with E-state index in [0.29, 0.717) is 42.5 Å². The van der Waals surface area contributed by atoms with Gasteiger partial charge in [-0.15, -0.1) is 0 Å². The van der Waals surface area contributed by atoms with Crippen LogP contribution in [-0.4, -0.2) is 75.2 Å².